The van der Waals surface area contributed by atoms with E-state index in [1.54, 1.807) is 18.3 Å². The second-order valence-corrected chi connectivity index (χ2v) is 4.10. The summed E-state index contributed by atoms with van der Waals surface area (Å²) in [6.07, 6.45) is 2.50. The third-order valence-electron chi connectivity index (χ3n) is 1.36. The van der Waals surface area contributed by atoms with Gasteiger partial charge in [0.05, 0.1) is 6.61 Å². The average Bonchev–Trinajstić information content (AvgIpc) is 2.58. The van der Waals surface area contributed by atoms with E-state index >= 15 is 0 Å². The third-order valence-corrected chi connectivity index (χ3v) is 2.58. The van der Waals surface area contributed by atoms with Crippen molar-refractivity contribution < 1.29 is 14.3 Å². The molecule has 0 aromatic carbocycles. The van der Waals surface area contributed by atoms with Gasteiger partial charge in [0.15, 0.2) is 0 Å². The number of thiophene rings is 1. The van der Waals surface area contributed by atoms with Gasteiger partial charge in [-0.15, -0.1) is 0 Å². The highest BCUT2D eigenvalue weighted by Gasteiger charge is 1.91. The molecule has 14 heavy (non-hydrogen) atoms. The molecule has 0 aliphatic carbocycles. The maximum Gasteiger partial charge on any atom is 0.327 e. The normalized spacial score (nSPS) is 9.79. The molecule has 0 amide bonds. The molecule has 3 nitrogen and oxygen atoms in total. The largest absolute Gasteiger partial charge is 0.328 e. The Morgan fingerprint density at radius 3 is 2.43 bits per heavy atom. The van der Waals surface area contributed by atoms with Gasteiger partial charge in [-0.25, -0.2) is 0 Å². The van der Waals surface area contributed by atoms with Gasteiger partial charge in [-0.1, -0.05) is 13.3 Å². The Bertz CT molecular complexity index is 202. The Kier molecular flexibility index (Phi) is 9.57. The molecule has 2 N–H and O–H groups in total. The van der Waals surface area contributed by atoms with Crippen LogP contribution >= 0.6 is 19.9 Å². The van der Waals surface area contributed by atoms with Gasteiger partial charge in [0.25, 0.3) is 0 Å². The van der Waals surface area contributed by atoms with Crippen LogP contribution < -0.4 is 0 Å². The number of hydrogen-bond acceptors (Lipinski definition) is 4. The zero-order valence-corrected chi connectivity index (χ0v) is 10.2. The Balaban J connectivity index is 0.000000255. The minimum atomic E-state index is -2.10. The fraction of sp³-hybridized carbons (Fsp3) is 0.556. The van der Waals surface area contributed by atoms with Crippen LogP contribution in [0.15, 0.2) is 16.8 Å². The standard InChI is InChI=1S/C7H10S.C2H7O3P/c1-2-3-7-4-5-8-6-7;1-2-5-6(3)4/h4-6H,2-3H2,1H3;3-4H,2H2,1H3. The van der Waals surface area contributed by atoms with E-state index in [9.17, 15) is 0 Å². The van der Waals surface area contributed by atoms with E-state index < -0.39 is 8.60 Å². The molecule has 5 heteroatoms. The quantitative estimate of drug-likeness (QED) is 0.790. The molecule has 0 unspecified atom stereocenters. The lowest BCUT2D eigenvalue weighted by Crippen LogP contribution is -1.78. The Labute approximate surface area is 90.4 Å². The van der Waals surface area contributed by atoms with Crippen molar-refractivity contribution >= 4 is 19.9 Å². The number of rotatable bonds is 4. The highest BCUT2D eigenvalue weighted by Crippen LogP contribution is 2.22. The molecule has 0 bridgehead atoms. The fourth-order valence-corrected chi connectivity index (χ4v) is 1.77. The Hall–Kier alpha value is 0.01000. The SMILES string of the molecule is CCCc1ccsc1.CCOP(O)O. The lowest BCUT2D eigenvalue weighted by atomic mass is 10.2. The third kappa shape index (κ3) is 8.60. The van der Waals surface area contributed by atoms with Crippen LogP contribution in [0.4, 0.5) is 0 Å². The number of aryl methyl sites for hydroxylation is 1. The van der Waals surface area contributed by atoms with Gasteiger partial charge in [-0.2, -0.15) is 11.3 Å². The summed E-state index contributed by atoms with van der Waals surface area (Å²) >= 11 is 1.78. The van der Waals surface area contributed by atoms with E-state index in [4.69, 9.17) is 9.79 Å². The molecule has 0 atom stereocenters. The van der Waals surface area contributed by atoms with E-state index in [2.05, 4.69) is 28.3 Å². The van der Waals surface area contributed by atoms with Crippen molar-refractivity contribution in [3.05, 3.63) is 22.4 Å². The average molecular weight is 236 g/mol. The van der Waals surface area contributed by atoms with E-state index in [1.165, 1.54) is 18.4 Å². The molecule has 1 heterocycles. The van der Waals surface area contributed by atoms with Crippen molar-refractivity contribution in [3.8, 4) is 0 Å². The summed E-state index contributed by atoms with van der Waals surface area (Å²) in [4.78, 5) is 15.9. The monoisotopic (exact) mass is 236 g/mol. The van der Waals surface area contributed by atoms with Gasteiger partial charge >= 0.3 is 8.60 Å². The van der Waals surface area contributed by atoms with Gasteiger partial charge in [0, 0.05) is 0 Å². The van der Waals surface area contributed by atoms with E-state index in [0.29, 0.717) is 6.61 Å². The van der Waals surface area contributed by atoms with Crippen LogP contribution in [0, 0.1) is 0 Å². The first-order chi connectivity index (χ1) is 6.70. The van der Waals surface area contributed by atoms with Crippen LogP contribution in [-0.2, 0) is 10.9 Å². The lowest BCUT2D eigenvalue weighted by Gasteiger charge is -1.95. The topological polar surface area (TPSA) is 49.7 Å². The van der Waals surface area contributed by atoms with Crippen molar-refractivity contribution in [1.29, 1.82) is 0 Å². The summed E-state index contributed by atoms with van der Waals surface area (Å²) in [6.45, 7) is 4.26. The summed E-state index contributed by atoms with van der Waals surface area (Å²) in [5.41, 5.74) is 1.48. The van der Waals surface area contributed by atoms with Crippen molar-refractivity contribution in [3.63, 3.8) is 0 Å². The zero-order valence-electron chi connectivity index (χ0n) is 8.51. The maximum absolute atomic E-state index is 7.95. The molecule has 0 aliphatic heterocycles. The van der Waals surface area contributed by atoms with E-state index in [1.807, 2.05) is 0 Å². The van der Waals surface area contributed by atoms with Gasteiger partial charge in [0.2, 0.25) is 0 Å². The highest BCUT2D eigenvalue weighted by molar-refractivity contribution is 7.39. The first kappa shape index (κ1) is 14.0. The van der Waals surface area contributed by atoms with Gasteiger partial charge in [-0.3, -0.25) is 0 Å². The van der Waals surface area contributed by atoms with Crippen molar-refractivity contribution in [2.24, 2.45) is 0 Å². The molecule has 0 spiro atoms. The predicted octanol–water partition coefficient (Wildman–Crippen LogP) is 2.94. The van der Waals surface area contributed by atoms with E-state index in [0.717, 1.165) is 0 Å². The molecule has 1 aromatic rings. The first-order valence-electron chi connectivity index (χ1n) is 4.52. The zero-order chi connectivity index (χ0) is 10.8. The first-order valence-corrected chi connectivity index (χ1v) is 6.63. The molecule has 0 saturated carbocycles. The molecule has 1 aromatic heterocycles. The lowest BCUT2D eigenvalue weighted by molar-refractivity contribution is 0.269. The van der Waals surface area contributed by atoms with Crippen LogP contribution in [0.3, 0.4) is 0 Å². The summed E-state index contributed by atoms with van der Waals surface area (Å²) in [5, 5.41) is 4.34. The molecule has 0 aliphatic rings. The summed E-state index contributed by atoms with van der Waals surface area (Å²) in [5.74, 6) is 0. The molecular weight excluding hydrogens is 219 g/mol. The predicted molar refractivity (Wildman–Crippen MR) is 61.3 cm³/mol. The molecule has 82 valence electrons. The van der Waals surface area contributed by atoms with Crippen LogP contribution in [0.1, 0.15) is 25.8 Å². The van der Waals surface area contributed by atoms with Gasteiger partial charge in [0.1, 0.15) is 0 Å². The number of hydrogen-bond donors (Lipinski definition) is 2. The molecule has 0 saturated heterocycles. The fourth-order valence-electron chi connectivity index (χ4n) is 0.839. The smallest absolute Gasteiger partial charge is 0.327 e. The van der Waals surface area contributed by atoms with Crippen molar-refractivity contribution in [1.82, 2.24) is 0 Å². The molecule has 1 rings (SSSR count). The minimum absolute atomic E-state index is 0.360. The molecule has 0 radical (unpaired) electrons. The minimum Gasteiger partial charge on any atom is -0.328 e. The second-order valence-electron chi connectivity index (χ2n) is 2.55. The van der Waals surface area contributed by atoms with Crippen LogP contribution in [0.2, 0.25) is 0 Å². The highest BCUT2D eigenvalue weighted by atomic mass is 32.1. The molecule has 0 fully saturated rings. The van der Waals surface area contributed by atoms with E-state index in [-0.39, 0.29) is 0 Å². The maximum atomic E-state index is 7.95. The summed E-state index contributed by atoms with van der Waals surface area (Å²) in [7, 11) is -2.10. The van der Waals surface area contributed by atoms with Gasteiger partial charge < -0.3 is 14.3 Å². The summed E-state index contributed by atoms with van der Waals surface area (Å²) < 4.78 is 4.22. The van der Waals surface area contributed by atoms with Crippen LogP contribution in [0.25, 0.3) is 0 Å². The Morgan fingerprint density at radius 2 is 2.14 bits per heavy atom. The summed E-state index contributed by atoms with van der Waals surface area (Å²) in [6, 6.07) is 2.19. The van der Waals surface area contributed by atoms with Crippen molar-refractivity contribution in [2.45, 2.75) is 26.7 Å². The van der Waals surface area contributed by atoms with Crippen LogP contribution in [0.5, 0.6) is 0 Å². The van der Waals surface area contributed by atoms with Crippen molar-refractivity contribution in [2.75, 3.05) is 6.61 Å². The Morgan fingerprint density at radius 1 is 1.43 bits per heavy atom. The molecular formula is C9H17O3PS. The van der Waals surface area contributed by atoms with Crippen LogP contribution in [-0.4, -0.2) is 16.4 Å². The van der Waals surface area contributed by atoms with Gasteiger partial charge in [-0.05, 0) is 35.7 Å². The second kappa shape index (κ2) is 9.56.